The number of benzene rings is 2. The number of amides is 2. The number of carbonyl (C=O) groups excluding carboxylic acids is 2. The van der Waals surface area contributed by atoms with Gasteiger partial charge in [0.05, 0.1) is 4.92 Å². The molecule has 0 fully saturated rings. The number of hydrogen-bond donors (Lipinski definition) is 2. The predicted octanol–water partition coefficient (Wildman–Crippen LogP) is 2.17. The highest BCUT2D eigenvalue weighted by atomic mass is 32.2. The van der Waals surface area contributed by atoms with E-state index >= 15 is 0 Å². The summed E-state index contributed by atoms with van der Waals surface area (Å²) >= 11 is 0. The minimum absolute atomic E-state index is 0.0862. The Balaban J connectivity index is 2.04. The molecule has 0 heterocycles. The van der Waals surface area contributed by atoms with Gasteiger partial charge < -0.3 is 4.18 Å². The van der Waals surface area contributed by atoms with Crippen molar-refractivity contribution in [2.45, 2.75) is 25.2 Å². The fraction of sp³-hybridized carbons (Fsp3) is 0.222. The van der Waals surface area contributed by atoms with Crippen molar-refractivity contribution in [3.63, 3.8) is 0 Å². The van der Waals surface area contributed by atoms with E-state index in [0.29, 0.717) is 0 Å². The van der Waals surface area contributed by atoms with Gasteiger partial charge in [-0.05, 0) is 36.2 Å². The molecule has 11 heteroatoms. The van der Waals surface area contributed by atoms with Crippen LogP contribution in [0.1, 0.15) is 30.6 Å². The number of nitrogens with one attached hydrogen (secondary N) is 2. The van der Waals surface area contributed by atoms with Crippen LogP contribution in [0.3, 0.4) is 0 Å². The summed E-state index contributed by atoms with van der Waals surface area (Å²) in [5.74, 6) is -0.875. The summed E-state index contributed by atoms with van der Waals surface area (Å²) in [6, 6.07) is 9.56. The number of nitrogens with zero attached hydrogens (tertiary/aromatic N) is 1. The molecule has 0 aromatic heterocycles. The highest BCUT2D eigenvalue weighted by molar-refractivity contribution is 7.87. The smallest absolute Gasteiger partial charge is 0.339 e. The number of hydrazine groups is 1. The predicted molar refractivity (Wildman–Crippen MR) is 102 cm³/mol. The third-order valence-electron chi connectivity index (χ3n) is 3.55. The van der Waals surface area contributed by atoms with Gasteiger partial charge in [-0.2, -0.15) is 8.42 Å². The lowest BCUT2D eigenvalue weighted by molar-refractivity contribution is -0.385. The van der Waals surface area contributed by atoms with Gasteiger partial charge in [-0.15, -0.1) is 0 Å². The second-order valence-corrected chi connectivity index (χ2v) is 7.96. The maximum absolute atomic E-state index is 12.3. The van der Waals surface area contributed by atoms with Crippen molar-refractivity contribution in [1.29, 1.82) is 0 Å². The van der Waals surface area contributed by atoms with Crippen molar-refractivity contribution in [2.24, 2.45) is 5.92 Å². The number of hydrogen-bond acceptors (Lipinski definition) is 7. The first kappa shape index (κ1) is 21.8. The Hall–Kier alpha value is -3.47. The Labute approximate surface area is 167 Å². The third kappa shape index (κ3) is 6.28. The van der Waals surface area contributed by atoms with Crippen molar-refractivity contribution in [3.05, 3.63) is 64.2 Å². The minimum Gasteiger partial charge on any atom is -0.379 e. The topological polar surface area (TPSA) is 145 Å². The molecule has 0 aliphatic rings. The molecular weight excluding hydrogens is 402 g/mol. The van der Waals surface area contributed by atoms with E-state index < -0.39 is 20.9 Å². The SMILES string of the molecule is CC(C)CC(=O)NNC(=O)c1ccc(OS(=O)(=O)c2cccc([N+](=O)[O-])c2)cc1. The van der Waals surface area contributed by atoms with E-state index in [1.54, 1.807) is 0 Å². The summed E-state index contributed by atoms with van der Waals surface area (Å²) in [5, 5.41) is 10.8. The van der Waals surface area contributed by atoms with Gasteiger partial charge in [-0.1, -0.05) is 19.9 Å². The number of rotatable bonds is 7. The number of non-ortho nitro benzene ring substituents is 1. The van der Waals surface area contributed by atoms with E-state index in [9.17, 15) is 28.1 Å². The van der Waals surface area contributed by atoms with Crippen LogP contribution in [0.2, 0.25) is 0 Å². The summed E-state index contributed by atoms with van der Waals surface area (Å²) in [7, 11) is -4.30. The number of nitro benzene ring substituents is 1. The summed E-state index contributed by atoms with van der Waals surface area (Å²) in [4.78, 5) is 33.3. The van der Waals surface area contributed by atoms with Crippen molar-refractivity contribution < 1.29 is 27.1 Å². The molecule has 2 rings (SSSR count). The Morgan fingerprint density at radius 2 is 1.76 bits per heavy atom. The van der Waals surface area contributed by atoms with Gasteiger partial charge in [0, 0.05) is 24.1 Å². The molecule has 2 N–H and O–H groups in total. The highest BCUT2D eigenvalue weighted by Crippen LogP contribution is 2.22. The van der Waals surface area contributed by atoms with E-state index in [0.717, 1.165) is 12.1 Å². The van der Waals surface area contributed by atoms with Crippen LogP contribution in [0.25, 0.3) is 0 Å². The maximum Gasteiger partial charge on any atom is 0.339 e. The Kier molecular flexibility index (Phi) is 6.89. The fourth-order valence-corrected chi connectivity index (χ4v) is 3.18. The molecule has 0 saturated carbocycles. The molecule has 0 atom stereocenters. The van der Waals surface area contributed by atoms with Crippen molar-refractivity contribution in [2.75, 3.05) is 0 Å². The highest BCUT2D eigenvalue weighted by Gasteiger charge is 2.20. The maximum atomic E-state index is 12.3. The summed E-state index contributed by atoms with van der Waals surface area (Å²) in [6.07, 6.45) is 0.253. The van der Waals surface area contributed by atoms with Crippen molar-refractivity contribution >= 4 is 27.6 Å². The summed E-state index contributed by atoms with van der Waals surface area (Å²) in [6.45, 7) is 3.73. The van der Waals surface area contributed by atoms with E-state index in [4.69, 9.17) is 4.18 Å². The van der Waals surface area contributed by atoms with Crippen LogP contribution in [-0.2, 0) is 14.9 Å². The second kappa shape index (κ2) is 9.15. The van der Waals surface area contributed by atoms with E-state index in [-0.39, 0.29) is 40.1 Å². The number of nitro groups is 1. The van der Waals surface area contributed by atoms with E-state index in [1.165, 1.54) is 36.4 Å². The summed E-state index contributed by atoms with van der Waals surface area (Å²) in [5.41, 5.74) is 4.31. The van der Waals surface area contributed by atoms with Gasteiger partial charge in [-0.3, -0.25) is 30.6 Å². The molecule has 0 aliphatic carbocycles. The molecule has 0 spiro atoms. The standard InChI is InChI=1S/C18H19N3O7S/c1-12(2)10-17(22)19-20-18(23)13-6-8-15(9-7-13)28-29(26,27)16-5-3-4-14(11-16)21(24)25/h3-9,11-12H,10H2,1-2H3,(H,19,22)(H,20,23). The average molecular weight is 421 g/mol. The first-order valence-electron chi connectivity index (χ1n) is 8.46. The first-order valence-corrected chi connectivity index (χ1v) is 9.87. The molecule has 2 amide bonds. The number of carbonyl (C=O) groups is 2. The zero-order valence-electron chi connectivity index (χ0n) is 15.6. The molecule has 0 unspecified atom stereocenters. The quantitative estimate of drug-likeness (QED) is 0.396. The van der Waals surface area contributed by atoms with Crippen molar-refractivity contribution in [3.8, 4) is 5.75 Å². The third-order valence-corrected chi connectivity index (χ3v) is 4.79. The lowest BCUT2D eigenvalue weighted by Crippen LogP contribution is -2.41. The molecule has 0 saturated heterocycles. The molecule has 154 valence electrons. The van der Waals surface area contributed by atoms with Crippen LogP contribution in [0.4, 0.5) is 5.69 Å². The van der Waals surface area contributed by atoms with Crippen molar-refractivity contribution in [1.82, 2.24) is 10.9 Å². The molecule has 2 aromatic carbocycles. The van der Waals surface area contributed by atoms with E-state index in [1.807, 2.05) is 13.8 Å². The molecule has 2 aromatic rings. The zero-order valence-corrected chi connectivity index (χ0v) is 16.4. The van der Waals surface area contributed by atoms with Crippen LogP contribution in [-0.4, -0.2) is 25.2 Å². The fourth-order valence-electron chi connectivity index (χ4n) is 2.21. The molecular formula is C18H19N3O7S. The summed E-state index contributed by atoms with van der Waals surface area (Å²) < 4.78 is 29.5. The van der Waals surface area contributed by atoms with Crippen LogP contribution in [0, 0.1) is 16.0 Å². The Morgan fingerprint density at radius 3 is 2.34 bits per heavy atom. The van der Waals surface area contributed by atoms with Crippen LogP contribution in [0.15, 0.2) is 53.4 Å². The van der Waals surface area contributed by atoms with Crippen LogP contribution in [0.5, 0.6) is 5.75 Å². The Bertz CT molecular complexity index is 1020. The second-order valence-electron chi connectivity index (χ2n) is 6.42. The lowest BCUT2D eigenvalue weighted by atomic mass is 10.1. The monoisotopic (exact) mass is 421 g/mol. The minimum atomic E-state index is -4.30. The van der Waals surface area contributed by atoms with Gasteiger partial charge in [-0.25, -0.2) is 0 Å². The Morgan fingerprint density at radius 1 is 1.10 bits per heavy atom. The van der Waals surface area contributed by atoms with Gasteiger partial charge in [0.1, 0.15) is 10.6 Å². The largest absolute Gasteiger partial charge is 0.379 e. The van der Waals surface area contributed by atoms with E-state index in [2.05, 4.69) is 10.9 Å². The molecule has 10 nitrogen and oxygen atoms in total. The first-order chi connectivity index (χ1) is 13.6. The molecule has 0 bridgehead atoms. The average Bonchev–Trinajstić information content (AvgIpc) is 2.66. The molecule has 29 heavy (non-hydrogen) atoms. The molecule has 0 aliphatic heterocycles. The zero-order chi connectivity index (χ0) is 21.6. The van der Waals surface area contributed by atoms with Crippen LogP contribution >= 0.6 is 0 Å². The van der Waals surface area contributed by atoms with Gasteiger partial charge in [0.25, 0.3) is 11.6 Å². The van der Waals surface area contributed by atoms with Crippen LogP contribution < -0.4 is 15.0 Å². The molecule has 0 radical (unpaired) electrons. The van der Waals surface area contributed by atoms with Gasteiger partial charge in [0.15, 0.2) is 0 Å². The normalized spacial score (nSPS) is 11.0. The van der Waals surface area contributed by atoms with Gasteiger partial charge >= 0.3 is 10.1 Å². The van der Waals surface area contributed by atoms with Gasteiger partial charge in [0.2, 0.25) is 5.91 Å². The lowest BCUT2D eigenvalue weighted by Gasteiger charge is -2.10.